The summed E-state index contributed by atoms with van der Waals surface area (Å²) in [6.07, 6.45) is 2.16. The summed E-state index contributed by atoms with van der Waals surface area (Å²) in [5, 5.41) is 4.68. The summed E-state index contributed by atoms with van der Waals surface area (Å²) in [6, 6.07) is 11.9. The molecule has 1 amide bonds. The fourth-order valence-corrected chi connectivity index (χ4v) is 6.48. The number of amides is 1. The van der Waals surface area contributed by atoms with E-state index in [0.29, 0.717) is 40.9 Å². The van der Waals surface area contributed by atoms with Crippen molar-refractivity contribution in [1.82, 2.24) is 34.1 Å². The van der Waals surface area contributed by atoms with E-state index in [4.69, 9.17) is 9.97 Å². The largest absolute Gasteiger partial charge is 0.354 e. The van der Waals surface area contributed by atoms with Crippen molar-refractivity contribution >= 4 is 27.7 Å². The summed E-state index contributed by atoms with van der Waals surface area (Å²) >= 11 is 3.52. The molecule has 2 aliphatic rings. The lowest BCUT2D eigenvalue weighted by Gasteiger charge is -2.37. The molecule has 1 unspecified atom stereocenters. The van der Waals surface area contributed by atoms with Gasteiger partial charge in [-0.3, -0.25) is 14.5 Å². The minimum Gasteiger partial charge on any atom is -0.354 e. The first-order chi connectivity index (χ1) is 21.0. The summed E-state index contributed by atoms with van der Waals surface area (Å²) in [4.78, 5) is 44.4. The van der Waals surface area contributed by atoms with Crippen molar-refractivity contribution in [3.05, 3.63) is 91.2 Å². The highest BCUT2D eigenvalue weighted by molar-refractivity contribution is 9.10. The van der Waals surface area contributed by atoms with Crippen molar-refractivity contribution in [2.24, 2.45) is 0 Å². The third kappa shape index (κ3) is 5.59. The monoisotopic (exact) mass is 658 g/mol. The Labute approximate surface area is 266 Å². The topological polar surface area (TPSA) is 92.4 Å². The minimum atomic E-state index is -0.175. The molecule has 3 aromatic heterocycles. The number of rotatable bonds is 5. The van der Waals surface area contributed by atoms with E-state index >= 15 is 0 Å². The average molecular weight is 660 g/mol. The van der Waals surface area contributed by atoms with Crippen LogP contribution < -0.4 is 10.5 Å². The average Bonchev–Trinajstić information content (AvgIpc) is 3.35. The van der Waals surface area contributed by atoms with Crippen molar-refractivity contribution < 1.29 is 4.79 Å². The van der Waals surface area contributed by atoms with Crippen LogP contribution in [0.5, 0.6) is 0 Å². The van der Waals surface area contributed by atoms with Crippen LogP contribution >= 0.6 is 15.9 Å². The highest BCUT2D eigenvalue weighted by atomic mass is 79.9. The van der Waals surface area contributed by atoms with Crippen LogP contribution in [0.4, 0.5) is 5.82 Å². The van der Waals surface area contributed by atoms with Gasteiger partial charge >= 0.3 is 0 Å². The molecular weight excluding hydrogens is 620 g/mol. The van der Waals surface area contributed by atoms with Gasteiger partial charge in [0.2, 0.25) is 5.95 Å². The van der Waals surface area contributed by atoms with E-state index < -0.39 is 0 Å². The molecule has 6 rings (SSSR count). The van der Waals surface area contributed by atoms with Gasteiger partial charge in [0.15, 0.2) is 0 Å². The molecule has 0 saturated carbocycles. The normalized spacial score (nSPS) is 17.3. The number of fused-ring (bicyclic) bond motifs is 1. The van der Waals surface area contributed by atoms with E-state index in [-0.39, 0.29) is 24.1 Å². The lowest BCUT2D eigenvalue weighted by atomic mass is 9.98. The number of aryl methyl sites for hydroxylation is 3. The predicted molar refractivity (Wildman–Crippen MR) is 175 cm³/mol. The van der Waals surface area contributed by atoms with Crippen LogP contribution in [0, 0.1) is 20.8 Å². The maximum Gasteiger partial charge on any atom is 0.263 e. The number of anilines is 1. The van der Waals surface area contributed by atoms with E-state index in [1.54, 1.807) is 15.4 Å². The molecule has 44 heavy (non-hydrogen) atoms. The van der Waals surface area contributed by atoms with Gasteiger partial charge < -0.3 is 9.80 Å². The zero-order valence-electron chi connectivity index (χ0n) is 26.2. The number of carbonyl (C=O) groups excluding carboxylic acids is 1. The van der Waals surface area contributed by atoms with Gasteiger partial charge in [-0.2, -0.15) is 5.10 Å². The van der Waals surface area contributed by atoms with Crippen LogP contribution in [-0.4, -0.2) is 78.3 Å². The fraction of sp³-hybridized carbons (Fsp3) is 0.424. The summed E-state index contributed by atoms with van der Waals surface area (Å²) < 4.78 is 4.28. The van der Waals surface area contributed by atoms with Gasteiger partial charge in [0.1, 0.15) is 5.82 Å². The molecule has 0 aliphatic carbocycles. The number of piperazine rings is 1. The van der Waals surface area contributed by atoms with Crippen LogP contribution in [0.2, 0.25) is 0 Å². The molecule has 0 spiro atoms. The van der Waals surface area contributed by atoms with Crippen molar-refractivity contribution in [2.75, 3.05) is 31.1 Å². The van der Waals surface area contributed by atoms with E-state index in [2.05, 4.69) is 44.7 Å². The smallest absolute Gasteiger partial charge is 0.263 e. The molecular formula is C33H39BrN8O2. The van der Waals surface area contributed by atoms with Crippen molar-refractivity contribution in [2.45, 2.75) is 66.6 Å². The Morgan fingerprint density at radius 1 is 1.02 bits per heavy atom. The molecule has 5 heterocycles. The first-order valence-corrected chi connectivity index (χ1v) is 16.0. The number of carbonyl (C=O) groups is 1. The van der Waals surface area contributed by atoms with E-state index in [1.807, 2.05) is 69.0 Å². The number of benzene rings is 1. The first kappa shape index (κ1) is 30.2. The Morgan fingerprint density at radius 2 is 1.77 bits per heavy atom. The molecule has 11 heteroatoms. The van der Waals surface area contributed by atoms with Crippen LogP contribution in [0.1, 0.15) is 59.3 Å². The van der Waals surface area contributed by atoms with Crippen LogP contribution in [0.3, 0.4) is 0 Å². The quantitative estimate of drug-likeness (QED) is 0.309. The molecule has 2 aliphatic heterocycles. The van der Waals surface area contributed by atoms with Gasteiger partial charge in [-0.1, -0.05) is 15.9 Å². The van der Waals surface area contributed by atoms with Crippen molar-refractivity contribution in [3.63, 3.8) is 0 Å². The molecule has 1 fully saturated rings. The Balaban J connectivity index is 1.38. The Morgan fingerprint density at radius 3 is 2.39 bits per heavy atom. The third-order valence-electron chi connectivity index (χ3n) is 8.82. The maximum absolute atomic E-state index is 14.3. The molecule has 0 radical (unpaired) electrons. The van der Waals surface area contributed by atoms with Gasteiger partial charge in [0, 0.05) is 59.6 Å². The highest BCUT2D eigenvalue weighted by Gasteiger charge is 2.33. The predicted octanol–water partition coefficient (Wildman–Crippen LogP) is 4.62. The third-order valence-corrected chi connectivity index (χ3v) is 9.71. The molecule has 1 saturated heterocycles. The molecule has 10 nitrogen and oxygen atoms in total. The van der Waals surface area contributed by atoms with Gasteiger partial charge in [-0.15, -0.1) is 0 Å². The summed E-state index contributed by atoms with van der Waals surface area (Å²) in [5.41, 5.74) is 4.99. The summed E-state index contributed by atoms with van der Waals surface area (Å²) in [6.45, 7) is 16.3. The molecule has 0 bridgehead atoms. The molecule has 1 aromatic carbocycles. The number of halogens is 1. The molecule has 230 valence electrons. The highest BCUT2D eigenvalue weighted by Crippen LogP contribution is 2.26. The Kier molecular flexibility index (Phi) is 8.19. The molecule has 0 N–H and O–H groups in total. The Bertz CT molecular complexity index is 1770. The lowest BCUT2D eigenvalue weighted by molar-refractivity contribution is 0.0652. The molecule has 1 atom stereocenters. The number of nitrogens with zero attached hydrogens (tertiary/aromatic N) is 8. The number of pyridine rings is 1. The second-order valence-corrected chi connectivity index (χ2v) is 13.1. The van der Waals surface area contributed by atoms with Crippen LogP contribution in [0.15, 0.2) is 51.9 Å². The first-order valence-electron chi connectivity index (χ1n) is 15.2. The maximum atomic E-state index is 14.3. The zero-order chi connectivity index (χ0) is 31.3. The SMILES string of the molecule is Cc1cc(C)n(-c2nc3c(c(=O)n2-c2ccc(N4CCN(C(C)C)CC4)nc2)CC(C)N(C(=O)c2ccc(Br)c(C)c2)C3)n1. The number of hydrogen-bond donors (Lipinski definition) is 0. The van der Waals surface area contributed by atoms with Crippen molar-refractivity contribution in [1.29, 1.82) is 0 Å². The zero-order valence-corrected chi connectivity index (χ0v) is 27.8. The van der Waals surface area contributed by atoms with E-state index in [1.165, 1.54) is 0 Å². The molecule has 4 aromatic rings. The second-order valence-electron chi connectivity index (χ2n) is 12.3. The van der Waals surface area contributed by atoms with Crippen molar-refractivity contribution in [3.8, 4) is 11.6 Å². The Hall–Kier alpha value is -3.83. The second kappa shape index (κ2) is 11.9. The number of aromatic nitrogens is 5. The van der Waals surface area contributed by atoms with Crippen LogP contribution in [0.25, 0.3) is 11.6 Å². The van der Waals surface area contributed by atoms with E-state index in [9.17, 15) is 9.59 Å². The van der Waals surface area contributed by atoms with E-state index in [0.717, 1.165) is 53.4 Å². The minimum absolute atomic E-state index is 0.0774. The lowest BCUT2D eigenvalue weighted by Crippen LogP contribution is -2.49. The summed E-state index contributed by atoms with van der Waals surface area (Å²) in [5.74, 6) is 1.21. The van der Waals surface area contributed by atoms with Crippen LogP contribution in [-0.2, 0) is 13.0 Å². The standard InChI is InChI=1S/C33H39BrN8O2/c1-20(2)38-11-13-39(14-12-38)30-10-8-26(18-35-30)41-32(44)27-17-23(5)40(31(43)25-7-9-28(34)21(3)15-25)19-29(27)36-33(41)42-24(6)16-22(4)37-42/h7-10,15-16,18,20,23H,11-14,17,19H2,1-6H3. The fourth-order valence-electron chi connectivity index (χ4n) is 6.23. The van der Waals surface area contributed by atoms with Gasteiger partial charge in [0.05, 0.1) is 29.8 Å². The van der Waals surface area contributed by atoms with Gasteiger partial charge in [0.25, 0.3) is 11.5 Å². The number of hydrogen-bond acceptors (Lipinski definition) is 7. The summed E-state index contributed by atoms with van der Waals surface area (Å²) in [7, 11) is 0. The van der Waals surface area contributed by atoms with Gasteiger partial charge in [-0.05, 0) is 89.9 Å². The van der Waals surface area contributed by atoms with Gasteiger partial charge in [-0.25, -0.2) is 19.2 Å².